The zero-order valence-corrected chi connectivity index (χ0v) is 18.9. The van der Waals surface area contributed by atoms with Gasteiger partial charge in [0.15, 0.2) is 0 Å². The largest absolute Gasteiger partial charge is 0.491 e. The Bertz CT molecular complexity index is 1310. The van der Waals surface area contributed by atoms with E-state index in [0.717, 1.165) is 62.9 Å². The quantitative estimate of drug-likeness (QED) is 0.490. The highest BCUT2D eigenvalue weighted by Crippen LogP contribution is 2.34. The van der Waals surface area contributed by atoms with Gasteiger partial charge < -0.3 is 20.4 Å². The molecule has 1 aliphatic rings. The van der Waals surface area contributed by atoms with Crippen molar-refractivity contribution in [2.24, 2.45) is 0 Å². The second-order valence-corrected chi connectivity index (χ2v) is 8.71. The van der Waals surface area contributed by atoms with Crippen LogP contribution in [0, 0.1) is 13.8 Å². The standard InChI is InChI=1S/C25H28N6O/c1-14(2)23-15(3)27-25(26)30-24(23)31-9-10-32-22-8-6-17(11-19(22)13-31)18-5-7-20-21(12-18)29-16(4)28-20/h5-8,11-12,14H,9-10,13H2,1-4H3,(H,28,29)(H2,26,27,30). The molecule has 0 fully saturated rings. The molecular weight excluding hydrogens is 400 g/mol. The predicted molar refractivity (Wildman–Crippen MR) is 128 cm³/mol. The van der Waals surface area contributed by atoms with Crippen molar-refractivity contribution in [2.75, 3.05) is 23.8 Å². The summed E-state index contributed by atoms with van der Waals surface area (Å²) < 4.78 is 6.09. The van der Waals surface area contributed by atoms with E-state index < -0.39 is 0 Å². The molecule has 0 unspecified atom stereocenters. The molecule has 7 nitrogen and oxygen atoms in total. The zero-order chi connectivity index (χ0) is 22.4. The summed E-state index contributed by atoms with van der Waals surface area (Å²) in [6, 6.07) is 12.7. The third-order valence-corrected chi connectivity index (χ3v) is 5.98. The lowest BCUT2D eigenvalue weighted by molar-refractivity contribution is 0.331. The van der Waals surface area contributed by atoms with Gasteiger partial charge in [-0.25, -0.2) is 9.97 Å². The van der Waals surface area contributed by atoms with Crippen molar-refractivity contribution in [3.05, 3.63) is 59.0 Å². The summed E-state index contributed by atoms with van der Waals surface area (Å²) in [5, 5.41) is 0. The summed E-state index contributed by atoms with van der Waals surface area (Å²) >= 11 is 0. The average molecular weight is 429 g/mol. The maximum absolute atomic E-state index is 6.09. The van der Waals surface area contributed by atoms with E-state index >= 15 is 0 Å². The predicted octanol–water partition coefficient (Wildman–Crippen LogP) is 4.74. The lowest BCUT2D eigenvalue weighted by atomic mass is 10.00. The van der Waals surface area contributed by atoms with Crippen molar-refractivity contribution in [3.8, 4) is 16.9 Å². The topological polar surface area (TPSA) is 93.0 Å². The first-order valence-electron chi connectivity index (χ1n) is 11.0. The lowest BCUT2D eigenvalue weighted by Crippen LogP contribution is -2.28. The van der Waals surface area contributed by atoms with Crippen LogP contribution >= 0.6 is 0 Å². The molecular formula is C25H28N6O. The number of nitrogens with two attached hydrogens (primary N) is 1. The fourth-order valence-electron chi connectivity index (χ4n) is 4.58. The minimum Gasteiger partial charge on any atom is -0.491 e. The van der Waals surface area contributed by atoms with Crippen molar-refractivity contribution in [2.45, 2.75) is 40.2 Å². The Morgan fingerprint density at radius 2 is 1.81 bits per heavy atom. The molecule has 164 valence electrons. The Hall–Kier alpha value is -3.61. The first-order valence-corrected chi connectivity index (χ1v) is 11.0. The number of hydrogen-bond acceptors (Lipinski definition) is 6. The third-order valence-electron chi connectivity index (χ3n) is 5.98. The van der Waals surface area contributed by atoms with E-state index in [-0.39, 0.29) is 0 Å². The Morgan fingerprint density at radius 3 is 2.62 bits per heavy atom. The number of benzene rings is 2. The molecule has 0 bridgehead atoms. The van der Waals surface area contributed by atoms with Crippen molar-refractivity contribution < 1.29 is 4.74 Å². The van der Waals surface area contributed by atoms with Crippen LogP contribution in [-0.4, -0.2) is 33.1 Å². The molecule has 0 spiro atoms. The number of aromatic amines is 1. The number of nitrogen functional groups attached to an aromatic ring is 1. The highest BCUT2D eigenvalue weighted by Gasteiger charge is 2.23. The summed E-state index contributed by atoms with van der Waals surface area (Å²) in [7, 11) is 0. The molecule has 0 radical (unpaired) electrons. The Kier molecular flexibility index (Phi) is 4.96. The summed E-state index contributed by atoms with van der Waals surface area (Å²) in [6.45, 7) is 10.3. The molecule has 32 heavy (non-hydrogen) atoms. The average Bonchev–Trinajstić information content (AvgIpc) is 2.98. The SMILES string of the molecule is Cc1nc2ccc(-c3ccc4c(c3)CN(c3nc(N)nc(C)c3C(C)C)CCO4)cc2[nH]1. The maximum atomic E-state index is 6.09. The molecule has 3 N–H and O–H groups in total. The van der Waals surface area contributed by atoms with Gasteiger partial charge in [0.1, 0.15) is 24.0 Å². The van der Waals surface area contributed by atoms with Crippen LogP contribution in [0.2, 0.25) is 0 Å². The maximum Gasteiger partial charge on any atom is 0.222 e. The van der Waals surface area contributed by atoms with Gasteiger partial charge in [0.2, 0.25) is 5.95 Å². The number of nitrogens with one attached hydrogen (secondary N) is 1. The number of rotatable bonds is 3. The third kappa shape index (κ3) is 3.64. The number of ether oxygens (including phenoxy) is 1. The molecule has 4 aromatic rings. The number of imidazole rings is 1. The Labute approximate surface area is 187 Å². The lowest BCUT2D eigenvalue weighted by Gasteiger charge is -2.26. The normalized spacial score (nSPS) is 13.8. The number of aromatic nitrogens is 4. The number of hydrogen-bond donors (Lipinski definition) is 2. The van der Waals surface area contributed by atoms with Crippen LogP contribution in [-0.2, 0) is 6.54 Å². The second-order valence-electron chi connectivity index (χ2n) is 8.71. The van der Waals surface area contributed by atoms with Crippen molar-refractivity contribution in [1.29, 1.82) is 0 Å². The fraction of sp³-hybridized carbons (Fsp3) is 0.320. The van der Waals surface area contributed by atoms with E-state index in [4.69, 9.17) is 10.5 Å². The molecule has 2 aromatic heterocycles. The van der Waals surface area contributed by atoms with Gasteiger partial charge in [-0.1, -0.05) is 26.0 Å². The number of fused-ring (bicyclic) bond motifs is 2. The summed E-state index contributed by atoms with van der Waals surface area (Å²) in [5.74, 6) is 3.35. The molecule has 0 saturated carbocycles. The van der Waals surface area contributed by atoms with E-state index in [9.17, 15) is 0 Å². The molecule has 5 rings (SSSR count). The van der Waals surface area contributed by atoms with Crippen LogP contribution in [0.25, 0.3) is 22.2 Å². The number of anilines is 2. The van der Waals surface area contributed by atoms with Gasteiger partial charge >= 0.3 is 0 Å². The first kappa shape index (κ1) is 20.3. The van der Waals surface area contributed by atoms with Crippen LogP contribution in [0.15, 0.2) is 36.4 Å². The fourth-order valence-corrected chi connectivity index (χ4v) is 4.58. The van der Waals surface area contributed by atoms with Crippen molar-refractivity contribution in [1.82, 2.24) is 19.9 Å². The van der Waals surface area contributed by atoms with Gasteiger partial charge in [-0.2, -0.15) is 4.98 Å². The van der Waals surface area contributed by atoms with Crippen LogP contribution in [0.3, 0.4) is 0 Å². The van der Waals surface area contributed by atoms with E-state index in [1.165, 1.54) is 0 Å². The van der Waals surface area contributed by atoms with Crippen LogP contribution in [0.4, 0.5) is 11.8 Å². The van der Waals surface area contributed by atoms with Crippen molar-refractivity contribution >= 4 is 22.8 Å². The number of aryl methyl sites for hydroxylation is 2. The van der Waals surface area contributed by atoms with Gasteiger partial charge in [-0.3, -0.25) is 0 Å². The van der Waals surface area contributed by atoms with E-state index in [2.05, 4.69) is 75.1 Å². The molecule has 0 amide bonds. The van der Waals surface area contributed by atoms with E-state index in [0.29, 0.717) is 25.0 Å². The first-order chi connectivity index (χ1) is 15.4. The van der Waals surface area contributed by atoms with E-state index in [1.807, 2.05) is 13.8 Å². The van der Waals surface area contributed by atoms with Crippen LogP contribution < -0.4 is 15.4 Å². The Balaban J connectivity index is 1.54. The van der Waals surface area contributed by atoms with Gasteiger partial charge in [0.25, 0.3) is 0 Å². The zero-order valence-electron chi connectivity index (χ0n) is 18.9. The molecule has 3 heterocycles. The molecule has 0 saturated heterocycles. The van der Waals surface area contributed by atoms with Crippen LogP contribution in [0.5, 0.6) is 5.75 Å². The van der Waals surface area contributed by atoms with E-state index in [1.54, 1.807) is 0 Å². The number of H-pyrrole nitrogens is 1. The molecule has 2 aromatic carbocycles. The van der Waals surface area contributed by atoms with Gasteiger partial charge in [0, 0.05) is 23.4 Å². The highest BCUT2D eigenvalue weighted by atomic mass is 16.5. The summed E-state index contributed by atoms with van der Waals surface area (Å²) in [4.78, 5) is 19.1. The highest BCUT2D eigenvalue weighted by molar-refractivity contribution is 5.82. The minimum absolute atomic E-state index is 0.296. The molecule has 7 heteroatoms. The number of nitrogens with zero attached hydrogens (tertiary/aromatic N) is 4. The molecule has 0 atom stereocenters. The summed E-state index contributed by atoms with van der Waals surface area (Å²) in [5.41, 5.74) is 13.5. The van der Waals surface area contributed by atoms with Gasteiger partial charge in [0.05, 0.1) is 17.6 Å². The minimum atomic E-state index is 0.296. The van der Waals surface area contributed by atoms with Crippen LogP contribution in [0.1, 0.15) is 42.4 Å². The van der Waals surface area contributed by atoms with Gasteiger partial charge in [-0.15, -0.1) is 0 Å². The Morgan fingerprint density at radius 1 is 1.03 bits per heavy atom. The smallest absolute Gasteiger partial charge is 0.222 e. The molecule has 1 aliphatic heterocycles. The van der Waals surface area contributed by atoms with Gasteiger partial charge in [-0.05, 0) is 55.2 Å². The van der Waals surface area contributed by atoms with Crippen molar-refractivity contribution in [3.63, 3.8) is 0 Å². The molecule has 0 aliphatic carbocycles. The summed E-state index contributed by atoms with van der Waals surface area (Å²) in [6.07, 6.45) is 0. The monoisotopic (exact) mass is 428 g/mol. The second kappa shape index (κ2) is 7.82.